The standard InChI is InChI=1S/C14H18O2/c1-3-15-14-10-11(2)9-13(16-14)12-7-5-4-6-8-12/h4-8,13-14H,2-3,9-10H2,1H3. The van der Waals surface area contributed by atoms with Crippen LogP contribution in [0.3, 0.4) is 0 Å². The van der Waals surface area contributed by atoms with Crippen LogP contribution >= 0.6 is 0 Å². The fraction of sp³-hybridized carbons (Fsp3) is 0.429. The molecule has 1 aliphatic heterocycles. The van der Waals surface area contributed by atoms with Crippen molar-refractivity contribution in [3.8, 4) is 0 Å². The largest absolute Gasteiger partial charge is 0.353 e. The van der Waals surface area contributed by atoms with E-state index in [1.54, 1.807) is 0 Å². The van der Waals surface area contributed by atoms with Crippen molar-refractivity contribution in [2.45, 2.75) is 32.2 Å². The van der Waals surface area contributed by atoms with E-state index >= 15 is 0 Å². The molecule has 1 saturated heterocycles. The Hall–Kier alpha value is -1.12. The summed E-state index contributed by atoms with van der Waals surface area (Å²) in [5.74, 6) is 0. The van der Waals surface area contributed by atoms with Gasteiger partial charge in [0.2, 0.25) is 0 Å². The Labute approximate surface area is 96.9 Å². The zero-order valence-corrected chi connectivity index (χ0v) is 9.69. The average molecular weight is 218 g/mol. The summed E-state index contributed by atoms with van der Waals surface area (Å²) < 4.78 is 11.4. The minimum absolute atomic E-state index is 0.0963. The van der Waals surface area contributed by atoms with Gasteiger partial charge in [-0.2, -0.15) is 0 Å². The fourth-order valence-corrected chi connectivity index (χ4v) is 2.01. The van der Waals surface area contributed by atoms with E-state index in [-0.39, 0.29) is 12.4 Å². The van der Waals surface area contributed by atoms with Crippen molar-refractivity contribution in [3.63, 3.8) is 0 Å². The Morgan fingerprint density at radius 2 is 2.06 bits per heavy atom. The molecule has 2 nitrogen and oxygen atoms in total. The van der Waals surface area contributed by atoms with E-state index in [1.807, 2.05) is 25.1 Å². The van der Waals surface area contributed by atoms with Crippen LogP contribution in [-0.4, -0.2) is 12.9 Å². The van der Waals surface area contributed by atoms with Crippen LogP contribution in [0.15, 0.2) is 42.5 Å². The molecule has 86 valence electrons. The molecule has 16 heavy (non-hydrogen) atoms. The lowest BCUT2D eigenvalue weighted by Gasteiger charge is -2.31. The number of hydrogen-bond donors (Lipinski definition) is 0. The van der Waals surface area contributed by atoms with Gasteiger partial charge in [-0.15, -0.1) is 0 Å². The normalized spacial score (nSPS) is 25.7. The van der Waals surface area contributed by atoms with E-state index in [0.29, 0.717) is 6.61 Å². The summed E-state index contributed by atoms with van der Waals surface area (Å²) in [6.45, 7) is 6.73. The molecule has 2 rings (SSSR count). The molecule has 2 heteroatoms. The molecular weight excluding hydrogens is 200 g/mol. The first kappa shape index (κ1) is 11.4. The van der Waals surface area contributed by atoms with Crippen molar-refractivity contribution in [2.24, 2.45) is 0 Å². The van der Waals surface area contributed by atoms with E-state index in [1.165, 1.54) is 11.1 Å². The lowest BCUT2D eigenvalue weighted by atomic mass is 9.97. The fourth-order valence-electron chi connectivity index (χ4n) is 2.01. The minimum Gasteiger partial charge on any atom is -0.353 e. The van der Waals surface area contributed by atoms with Gasteiger partial charge in [-0.05, 0) is 18.9 Å². The Morgan fingerprint density at radius 3 is 2.75 bits per heavy atom. The van der Waals surface area contributed by atoms with Gasteiger partial charge in [-0.1, -0.05) is 42.5 Å². The third-order valence-corrected chi connectivity index (χ3v) is 2.77. The second kappa shape index (κ2) is 5.28. The van der Waals surface area contributed by atoms with Crippen molar-refractivity contribution in [2.75, 3.05) is 6.61 Å². The number of benzene rings is 1. The summed E-state index contributed by atoms with van der Waals surface area (Å²) in [7, 11) is 0. The zero-order chi connectivity index (χ0) is 11.4. The van der Waals surface area contributed by atoms with Crippen LogP contribution in [0.4, 0.5) is 0 Å². The first-order valence-electron chi connectivity index (χ1n) is 5.78. The molecule has 1 aliphatic rings. The molecule has 0 aromatic heterocycles. The molecule has 2 atom stereocenters. The average Bonchev–Trinajstić information content (AvgIpc) is 2.30. The maximum atomic E-state index is 5.90. The van der Waals surface area contributed by atoms with Crippen molar-refractivity contribution in [3.05, 3.63) is 48.0 Å². The maximum Gasteiger partial charge on any atom is 0.162 e. The minimum atomic E-state index is -0.128. The van der Waals surface area contributed by atoms with Gasteiger partial charge in [-0.25, -0.2) is 0 Å². The molecule has 1 fully saturated rings. The van der Waals surface area contributed by atoms with Crippen LogP contribution < -0.4 is 0 Å². The highest BCUT2D eigenvalue weighted by Gasteiger charge is 2.25. The van der Waals surface area contributed by atoms with Crippen LogP contribution in [-0.2, 0) is 9.47 Å². The summed E-state index contributed by atoms with van der Waals surface area (Å²) in [4.78, 5) is 0. The smallest absolute Gasteiger partial charge is 0.162 e. The van der Waals surface area contributed by atoms with Gasteiger partial charge in [0, 0.05) is 13.0 Å². The summed E-state index contributed by atoms with van der Waals surface area (Å²) in [5.41, 5.74) is 2.41. The molecule has 0 saturated carbocycles. The van der Waals surface area contributed by atoms with E-state index in [4.69, 9.17) is 9.47 Å². The molecule has 0 radical (unpaired) electrons. The van der Waals surface area contributed by atoms with Crippen molar-refractivity contribution in [1.82, 2.24) is 0 Å². The SMILES string of the molecule is C=C1CC(OCC)OC(c2ccccc2)C1. The molecule has 1 aromatic carbocycles. The molecule has 1 aromatic rings. The molecule has 2 unspecified atom stereocenters. The summed E-state index contributed by atoms with van der Waals surface area (Å²) in [6, 6.07) is 10.3. The third-order valence-electron chi connectivity index (χ3n) is 2.77. The number of ether oxygens (including phenoxy) is 2. The summed E-state index contributed by atoms with van der Waals surface area (Å²) >= 11 is 0. The van der Waals surface area contributed by atoms with Gasteiger partial charge in [0.15, 0.2) is 6.29 Å². The van der Waals surface area contributed by atoms with E-state index in [9.17, 15) is 0 Å². The predicted molar refractivity (Wildman–Crippen MR) is 64.1 cm³/mol. The molecule has 0 spiro atoms. The molecule has 0 N–H and O–H groups in total. The Kier molecular flexibility index (Phi) is 3.75. The van der Waals surface area contributed by atoms with Gasteiger partial charge in [0.1, 0.15) is 0 Å². The van der Waals surface area contributed by atoms with Crippen molar-refractivity contribution < 1.29 is 9.47 Å². The summed E-state index contributed by atoms with van der Waals surface area (Å²) in [5, 5.41) is 0. The Balaban J connectivity index is 2.07. The van der Waals surface area contributed by atoms with Crippen LogP contribution in [0, 0.1) is 0 Å². The third kappa shape index (κ3) is 2.71. The second-order valence-corrected chi connectivity index (χ2v) is 4.08. The first-order valence-corrected chi connectivity index (χ1v) is 5.78. The van der Waals surface area contributed by atoms with Crippen LogP contribution in [0.2, 0.25) is 0 Å². The molecule has 0 amide bonds. The lowest BCUT2D eigenvalue weighted by molar-refractivity contribution is -0.181. The first-order chi connectivity index (χ1) is 7.79. The lowest BCUT2D eigenvalue weighted by Crippen LogP contribution is -2.26. The maximum absolute atomic E-state index is 5.90. The van der Waals surface area contributed by atoms with Crippen LogP contribution in [0.5, 0.6) is 0 Å². The second-order valence-electron chi connectivity index (χ2n) is 4.08. The molecular formula is C14H18O2. The highest BCUT2D eigenvalue weighted by molar-refractivity contribution is 5.20. The Bertz CT molecular complexity index is 345. The monoisotopic (exact) mass is 218 g/mol. The van der Waals surface area contributed by atoms with Gasteiger partial charge >= 0.3 is 0 Å². The van der Waals surface area contributed by atoms with Crippen molar-refractivity contribution >= 4 is 0 Å². The van der Waals surface area contributed by atoms with Gasteiger partial charge in [0.05, 0.1) is 6.10 Å². The number of hydrogen-bond acceptors (Lipinski definition) is 2. The van der Waals surface area contributed by atoms with Crippen LogP contribution in [0.25, 0.3) is 0 Å². The number of rotatable bonds is 3. The van der Waals surface area contributed by atoms with E-state index < -0.39 is 0 Å². The molecule has 0 bridgehead atoms. The van der Waals surface area contributed by atoms with E-state index in [0.717, 1.165) is 12.8 Å². The topological polar surface area (TPSA) is 18.5 Å². The van der Waals surface area contributed by atoms with E-state index in [2.05, 4.69) is 18.7 Å². The predicted octanol–water partition coefficient (Wildman–Crippen LogP) is 3.46. The highest BCUT2D eigenvalue weighted by atomic mass is 16.7. The Morgan fingerprint density at radius 1 is 1.31 bits per heavy atom. The van der Waals surface area contributed by atoms with Gasteiger partial charge in [0.25, 0.3) is 0 Å². The quantitative estimate of drug-likeness (QED) is 0.723. The van der Waals surface area contributed by atoms with Gasteiger partial charge in [-0.3, -0.25) is 0 Å². The molecule has 0 aliphatic carbocycles. The van der Waals surface area contributed by atoms with Crippen LogP contribution in [0.1, 0.15) is 31.4 Å². The van der Waals surface area contributed by atoms with Gasteiger partial charge < -0.3 is 9.47 Å². The molecule has 1 heterocycles. The van der Waals surface area contributed by atoms with Crippen molar-refractivity contribution in [1.29, 1.82) is 0 Å². The zero-order valence-electron chi connectivity index (χ0n) is 9.69. The highest BCUT2D eigenvalue weighted by Crippen LogP contribution is 2.33. The summed E-state index contributed by atoms with van der Waals surface area (Å²) in [6.07, 6.45) is 1.68.